The van der Waals surface area contributed by atoms with Gasteiger partial charge >= 0.3 is 0 Å². The summed E-state index contributed by atoms with van der Waals surface area (Å²) < 4.78 is 27.5. The molecule has 2 heterocycles. The second-order valence-corrected chi connectivity index (χ2v) is 8.30. The van der Waals surface area contributed by atoms with Gasteiger partial charge in [0.1, 0.15) is 11.6 Å². The topological polar surface area (TPSA) is 45.2 Å². The summed E-state index contributed by atoms with van der Waals surface area (Å²) in [5.41, 5.74) is 1.61. The second kappa shape index (κ2) is 8.75. The Morgan fingerprint density at radius 2 is 2.03 bits per heavy atom. The van der Waals surface area contributed by atoms with Crippen LogP contribution in [0.3, 0.4) is 0 Å². The van der Waals surface area contributed by atoms with E-state index in [2.05, 4.69) is 10.3 Å². The van der Waals surface area contributed by atoms with Gasteiger partial charge in [0.25, 0.3) is 5.91 Å². The molecule has 0 unspecified atom stereocenters. The fourth-order valence-electron chi connectivity index (χ4n) is 2.89. The fourth-order valence-corrected chi connectivity index (χ4v) is 4.58. The third kappa shape index (κ3) is 4.65. The molecule has 0 bridgehead atoms. The summed E-state index contributed by atoms with van der Waals surface area (Å²) in [6.45, 7) is 1.11. The van der Waals surface area contributed by atoms with E-state index in [-0.39, 0.29) is 5.56 Å². The Labute approximate surface area is 175 Å². The monoisotopic (exact) mass is 429 g/mol. The van der Waals surface area contributed by atoms with Gasteiger partial charge in [-0.15, -0.1) is 23.1 Å². The average molecular weight is 430 g/mol. The van der Waals surface area contributed by atoms with E-state index in [1.807, 2.05) is 35.7 Å². The summed E-state index contributed by atoms with van der Waals surface area (Å²) in [6, 6.07) is 12.9. The zero-order chi connectivity index (χ0) is 20.2. The molecule has 0 atom stereocenters. The van der Waals surface area contributed by atoms with Gasteiger partial charge in [0.05, 0.1) is 16.3 Å². The van der Waals surface area contributed by atoms with Crippen molar-refractivity contribution in [2.24, 2.45) is 0 Å². The standard InChI is InChI=1S/C21H17F2N3OS2/c22-15-6-7-18(23)17(10-15)20(27)26-8-9-28-19(26)11-16-13-29-21(25-16)24-12-14-4-2-1-3-5-14/h1-7,10-11,13H,8-9,12H2,(H,24,25)/b19-11+. The second-order valence-electron chi connectivity index (χ2n) is 6.33. The average Bonchev–Trinajstić information content (AvgIpc) is 3.38. The molecule has 1 aromatic heterocycles. The lowest BCUT2D eigenvalue weighted by atomic mass is 10.2. The largest absolute Gasteiger partial charge is 0.357 e. The van der Waals surface area contributed by atoms with Crippen molar-refractivity contribution in [3.63, 3.8) is 0 Å². The number of halogens is 2. The van der Waals surface area contributed by atoms with Crippen molar-refractivity contribution in [1.82, 2.24) is 9.88 Å². The van der Waals surface area contributed by atoms with Crippen LogP contribution in [0, 0.1) is 11.6 Å². The first-order chi connectivity index (χ1) is 14.1. The predicted molar refractivity (Wildman–Crippen MR) is 114 cm³/mol. The molecule has 0 spiro atoms. The van der Waals surface area contributed by atoms with Crippen LogP contribution in [-0.2, 0) is 6.54 Å². The summed E-state index contributed by atoms with van der Waals surface area (Å²) in [4.78, 5) is 18.7. The minimum Gasteiger partial charge on any atom is -0.357 e. The molecule has 0 radical (unpaired) electrons. The first-order valence-corrected chi connectivity index (χ1v) is 10.8. The molecule has 29 heavy (non-hydrogen) atoms. The number of anilines is 1. The van der Waals surface area contributed by atoms with E-state index in [1.165, 1.54) is 28.0 Å². The molecule has 1 N–H and O–H groups in total. The lowest BCUT2D eigenvalue weighted by molar-refractivity contribution is 0.0826. The lowest BCUT2D eigenvalue weighted by Gasteiger charge is -2.17. The molecule has 1 fully saturated rings. The van der Waals surface area contributed by atoms with Crippen LogP contribution in [-0.4, -0.2) is 28.1 Å². The van der Waals surface area contributed by atoms with E-state index in [0.717, 1.165) is 28.9 Å². The third-order valence-corrected chi connectivity index (χ3v) is 6.15. The van der Waals surface area contributed by atoms with Gasteiger partial charge in [-0.3, -0.25) is 4.79 Å². The van der Waals surface area contributed by atoms with Crippen molar-refractivity contribution in [2.75, 3.05) is 17.6 Å². The molecule has 0 saturated carbocycles. The normalized spacial score (nSPS) is 15.1. The van der Waals surface area contributed by atoms with Crippen LogP contribution in [0.1, 0.15) is 21.6 Å². The van der Waals surface area contributed by atoms with Gasteiger partial charge in [-0.25, -0.2) is 13.8 Å². The summed E-state index contributed by atoms with van der Waals surface area (Å²) in [5, 5.41) is 6.63. The number of aromatic nitrogens is 1. The van der Waals surface area contributed by atoms with Crippen LogP contribution < -0.4 is 5.32 Å². The molecular formula is C21H17F2N3OS2. The first kappa shape index (κ1) is 19.6. The molecule has 1 amide bonds. The van der Waals surface area contributed by atoms with Crippen LogP contribution in [0.5, 0.6) is 0 Å². The highest BCUT2D eigenvalue weighted by Crippen LogP contribution is 2.32. The van der Waals surface area contributed by atoms with Gasteiger partial charge in [0, 0.05) is 24.2 Å². The third-order valence-electron chi connectivity index (χ3n) is 4.31. The SMILES string of the molecule is O=C(c1cc(F)ccc1F)N1CCS/C1=C/c1csc(NCc2ccccc2)n1. The summed E-state index contributed by atoms with van der Waals surface area (Å²) in [7, 11) is 0. The summed E-state index contributed by atoms with van der Waals surface area (Å²) in [6.07, 6.45) is 1.80. The van der Waals surface area contributed by atoms with E-state index >= 15 is 0 Å². The highest BCUT2D eigenvalue weighted by Gasteiger charge is 2.27. The Balaban J connectivity index is 1.48. The highest BCUT2D eigenvalue weighted by atomic mass is 32.2. The molecule has 3 aromatic rings. The maximum atomic E-state index is 14.0. The van der Waals surface area contributed by atoms with E-state index in [4.69, 9.17) is 0 Å². The molecule has 0 aliphatic carbocycles. The smallest absolute Gasteiger partial charge is 0.261 e. The fraction of sp³-hybridized carbons (Fsp3) is 0.143. The number of rotatable bonds is 5. The molecule has 1 aliphatic heterocycles. The number of hydrogen-bond acceptors (Lipinski definition) is 5. The minimum absolute atomic E-state index is 0.262. The van der Waals surface area contributed by atoms with Crippen LogP contribution in [0.2, 0.25) is 0 Å². The zero-order valence-electron chi connectivity index (χ0n) is 15.3. The Kier molecular flexibility index (Phi) is 5.92. The Morgan fingerprint density at radius 3 is 2.86 bits per heavy atom. The number of thiazole rings is 1. The molecule has 8 heteroatoms. The maximum absolute atomic E-state index is 14.0. The number of amides is 1. The minimum atomic E-state index is -0.728. The van der Waals surface area contributed by atoms with Crippen molar-refractivity contribution in [3.8, 4) is 0 Å². The Bertz CT molecular complexity index is 1050. The van der Waals surface area contributed by atoms with Crippen molar-refractivity contribution in [3.05, 3.63) is 87.4 Å². The molecular weight excluding hydrogens is 412 g/mol. The van der Waals surface area contributed by atoms with Crippen molar-refractivity contribution >= 4 is 40.2 Å². The first-order valence-electron chi connectivity index (χ1n) is 8.95. The molecule has 2 aromatic carbocycles. The number of carbonyl (C=O) groups is 1. The Morgan fingerprint density at radius 1 is 1.21 bits per heavy atom. The molecule has 4 rings (SSSR count). The number of nitrogens with one attached hydrogen (secondary N) is 1. The van der Waals surface area contributed by atoms with Crippen molar-refractivity contribution in [2.45, 2.75) is 6.54 Å². The van der Waals surface area contributed by atoms with Gasteiger partial charge in [-0.2, -0.15) is 0 Å². The van der Waals surface area contributed by atoms with Crippen molar-refractivity contribution in [1.29, 1.82) is 0 Å². The Hall–Kier alpha value is -2.71. The number of hydrogen-bond donors (Lipinski definition) is 1. The van der Waals surface area contributed by atoms with Crippen LogP contribution in [0.25, 0.3) is 6.08 Å². The molecule has 1 saturated heterocycles. The van der Waals surface area contributed by atoms with Gasteiger partial charge in [-0.05, 0) is 29.8 Å². The van der Waals surface area contributed by atoms with E-state index < -0.39 is 17.5 Å². The molecule has 4 nitrogen and oxygen atoms in total. The highest BCUT2D eigenvalue weighted by molar-refractivity contribution is 8.03. The van der Waals surface area contributed by atoms with Crippen LogP contribution >= 0.6 is 23.1 Å². The molecule has 148 valence electrons. The van der Waals surface area contributed by atoms with E-state index in [1.54, 1.807) is 6.08 Å². The zero-order valence-corrected chi connectivity index (χ0v) is 16.9. The van der Waals surface area contributed by atoms with Crippen LogP contribution in [0.15, 0.2) is 58.9 Å². The van der Waals surface area contributed by atoms with Gasteiger partial charge in [0.2, 0.25) is 0 Å². The molecule has 1 aliphatic rings. The van der Waals surface area contributed by atoms with Crippen LogP contribution in [0.4, 0.5) is 13.9 Å². The number of benzene rings is 2. The predicted octanol–water partition coefficient (Wildman–Crippen LogP) is 5.22. The number of carbonyl (C=O) groups excluding carboxylic acids is 1. The summed E-state index contributed by atoms with van der Waals surface area (Å²) in [5.74, 6) is -1.22. The van der Waals surface area contributed by atoms with E-state index in [0.29, 0.717) is 29.6 Å². The van der Waals surface area contributed by atoms with Gasteiger partial charge in [-0.1, -0.05) is 30.3 Å². The number of nitrogens with zero attached hydrogens (tertiary/aromatic N) is 2. The van der Waals surface area contributed by atoms with Gasteiger partial charge in [0.15, 0.2) is 5.13 Å². The maximum Gasteiger partial charge on any atom is 0.261 e. The quantitative estimate of drug-likeness (QED) is 0.604. The summed E-state index contributed by atoms with van der Waals surface area (Å²) >= 11 is 2.97. The lowest BCUT2D eigenvalue weighted by Crippen LogP contribution is -2.27. The van der Waals surface area contributed by atoms with Gasteiger partial charge < -0.3 is 10.2 Å². The van der Waals surface area contributed by atoms with E-state index in [9.17, 15) is 13.6 Å². The number of thioether (sulfide) groups is 1. The van der Waals surface area contributed by atoms with Crippen molar-refractivity contribution < 1.29 is 13.6 Å².